The zero-order valence-corrected chi connectivity index (χ0v) is 12.1. The molecule has 0 heterocycles. The third-order valence-corrected chi connectivity index (χ3v) is 4.72. The van der Waals surface area contributed by atoms with Crippen LogP contribution in [0.25, 0.3) is 0 Å². The normalized spacial score (nSPS) is 17.6. The molecule has 1 nitrogen and oxygen atoms in total. The van der Waals surface area contributed by atoms with Crippen LogP contribution in [-0.2, 0) is 6.54 Å². The van der Waals surface area contributed by atoms with Gasteiger partial charge in [0.05, 0.1) is 4.47 Å². The molecular weight excluding hydrogens is 300 g/mol. The van der Waals surface area contributed by atoms with Crippen molar-refractivity contribution in [3.05, 3.63) is 33.8 Å². The number of nitrogens with one attached hydrogen (secondary N) is 1. The van der Waals surface area contributed by atoms with Gasteiger partial charge in [0.25, 0.3) is 0 Å². The van der Waals surface area contributed by atoms with E-state index in [2.05, 4.69) is 28.2 Å². The van der Waals surface area contributed by atoms with Gasteiger partial charge in [-0.1, -0.05) is 13.3 Å². The van der Waals surface area contributed by atoms with E-state index in [1.165, 1.54) is 31.4 Å². The molecule has 100 valence electrons. The van der Waals surface area contributed by atoms with Crippen LogP contribution in [0.3, 0.4) is 0 Å². The molecule has 0 amide bonds. The Hall–Kier alpha value is -0.480. The Morgan fingerprint density at radius 1 is 1.33 bits per heavy atom. The molecule has 0 spiro atoms. The summed E-state index contributed by atoms with van der Waals surface area (Å²) in [5.41, 5.74) is 0.480. The first-order valence-electron chi connectivity index (χ1n) is 6.41. The van der Waals surface area contributed by atoms with Crippen molar-refractivity contribution in [1.29, 1.82) is 0 Å². The molecule has 2 rings (SSSR count). The van der Waals surface area contributed by atoms with Crippen LogP contribution in [0.1, 0.15) is 38.2 Å². The van der Waals surface area contributed by atoms with Crippen molar-refractivity contribution in [3.8, 4) is 0 Å². The lowest BCUT2D eigenvalue weighted by Gasteiger charge is -2.41. The molecule has 1 aromatic rings. The summed E-state index contributed by atoms with van der Waals surface area (Å²) in [5, 5.41) is 3.20. The van der Waals surface area contributed by atoms with Crippen LogP contribution in [-0.4, -0.2) is 6.54 Å². The smallest absolute Gasteiger partial charge is 0.144 e. The average Bonchev–Trinajstić information content (AvgIpc) is 2.31. The second-order valence-electron chi connectivity index (χ2n) is 5.13. The van der Waals surface area contributed by atoms with Gasteiger partial charge in [-0.15, -0.1) is 0 Å². The van der Waals surface area contributed by atoms with E-state index in [4.69, 9.17) is 0 Å². The van der Waals surface area contributed by atoms with Gasteiger partial charge >= 0.3 is 0 Å². The fourth-order valence-electron chi connectivity index (χ4n) is 2.52. The van der Waals surface area contributed by atoms with Gasteiger partial charge in [0.2, 0.25) is 0 Å². The summed E-state index contributed by atoms with van der Waals surface area (Å²) in [5.74, 6) is -0.982. The molecule has 0 unspecified atom stereocenters. The third-order valence-electron chi connectivity index (χ3n) is 4.10. The summed E-state index contributed by atoms with van der Waals surface area (Å²) in [6.45, 7) is 3.27. The van der Waals surface area contributed by atoms with Gasteiger partial charge < -0.3 is 5.32 Å². The topological polar surface area (TPSA) is 12.0 Å². The van der Waals surface area contributed by atoms with Crippen molar-refractivity contribution >= 4 is 15.9 Å². The van der Waals surface area contributed by atoms with E-state index in [9.17, 15) is 8.78 Å². The van der Waals surface area contributed by atoms with Crippen molar-refractivity contribution in [2.24, 2.45) is 5.41 Å². The minimum atomic E-state index is -0.498. The molecule has 1 fully saturated rings. The standard InChI is InChI=1S/C14H18BrF2N/c1-2-14(6-3-7-14)9-18-8-10-12(16)5-4-11(15)13(10)17/h4-5,18H,2-3,6-9H2,1H3. The Bertz CT molecular complexity index is 425. The number of hydrogen-bond acceptors (Lipinski definition) is 1. The van der Waals surface area contributed by atoms with Gasteiger partial charge in [-0.3, -0.25) is 0 Å². The second kappa shape index (κ2) is 5.66. The molecule has 1 aliphatic carbocycles. The molecule has 18 heavy (non-hydrogen) atoms. The molecule has 1 aromatic carbocycles. The van der Waals surface area contributed by atoms with Crippen LogP contribution in [0.5, 0.6) is 0 Å². The van der Waals surface area contributed by atoms with E-state index in [0.29, 0.717) is 9.89 Å². The first-order chi connectivity index (χ1) is 8.58. The maximum Gasteiger partial charge on any atom is 0.144 e. The highest BCUT2D eigenvalue weighted by Crippen LogP contribution is 2.43. The molecule has 0 saturated heterocycles. The Morgan fingerprint density at radius 2 is 2.06 bits per heavy atom. The highest BCUT2D eigenvalue weighted by molar-refractivity contribution is 9.10. The highest BCUT2D eigenvalue weighted by Gasteiger charge is 2.34. The third kappa shape index (κ3) is 2.75. The zero-order chi connectivity index (χ0) is 13.2. The molecule has 0 aromatic heterocycles. The molecule has 1 N–H and O–H groups in total. The lowest BCUT2D eigenvalue weighted by atomic mass is 9.67. The summed E-state index contributed by atoms with van der Waals surface area (Å²) >= 11 is 3.08. The van der Waals surface area contributed by atoms with Crippen molar-refractivity contribution in [2.45, 2.75) is 39.2 Å². The first kappa shape index (κ1) is 13.9. The van der Waals surface area contributed by atoms with Crippen molar-refractivity contribution in [1.82, 2.24) is 5.32 Å². The molecule has 1 saturated carbocycles. The molecule has 1 aliphatic rings. The van der Waals surface area contributed by atoms with Crippen molar-refractivity contribution < 1.29 is 8.78 Å². The maximum atomic E-state index is 13.7. The Kier molecular flexibility index (Phi) is 4.38. The predicted molar refractivity (Wildman–Crippen MR) is 72.3 cm³/mol. The fourth-order valence-corrected chi connectivity index (χ4v) is 2.89. The van der Waals surface area contributed by atoms with Crippen LogP contribution in [0.4, 0.5) is 8.78 Å². The van der Waals surface area contributed by atoms with Gasteiger partial charge in [-0.2, -0.15) is 0 Å². The van der Waals surface area contributed by atoms with E-state index < -0.39 is 11.6 Å². The van der Waals surface area contributed by atoms with Gasteiger partial charge in [0.15, 0.2) is 0 Å². The predicted octanol–water partition coefficient (Wildman–Crippen LogP) is 4.40. The van der Waals surface area contributed by atoms with Crippen LogP contribution >= 0.6 is 15.9 Å². The van der Waals surface area contributed by atoms with Crippen LogP contribution in [0, 0.1) is 17.0 Å². The number of hydrogen-bond donors (Lipinski definition) is 1. The van der Waals surface area contributed by atoms with E-state index >= 15 is 0 Å². The van der Waals surface area contributed by atoms with E-state index in [-0.39, 0.29) is 12.1 Å². The molecule has 0 atom stereocenters. The molecule has 0 aliphatic heterocycles. The van der Waals surface area contributed by atoms with E-state index in [1.807, 2.05) is 0 Å². The molecule has 0 bridgehead atoms. The van der Waals surface area contributed by atoms with E-state index in [0.717, 1.165) is 13.0 Å². The maximum absolute atomic E-state index is 13.7. The largest absolute Gasteiger partial charge is 0.312 e. The van der Waals surface area contributed by atoms with E-state index in [1.54, 1.807) is 0 Å². The van der Waals surface area contributed by atoms with Gasteiger partial charge in [0, 0.05) is 18.7 Å². The molecule has 4 heteroatoms. The summed E-state index contributed by atoms with van der Waals surface area (Å²) in [6, 6.07) is 2.69. The van der Waals surface area contributed by atoms with Gasteiger partial charge in [-0.25, -0.2) is 8.78 Å². The summed E-state index contributed by atoms with van der Waals surface area (Å²) < 4.78 is 27.6. The van der Waals surface area contributed by atoms with Crippen molar-refractivity contribution in [2.75, 3.05) is 6.54 Å². The van der Waals surface area contributed by atoms with Gasteiger partial charge in [-0.05, 0) is 52.7 Å². The lowest BCUT2D eigenvalue weighted by molar-refractivity contribution is 0.123. The van der Waals surface area contributed by atoms with Crippen molar-refractivity contribution in [3.63, 3.8) is 0 Å². The van der Waals surface area contributed by atoms with Crippen LogP contribution < -0.4 is 5.32 Å². The first-order valence-corrected chi connectivity index (χ1v) is 7.20. The quantitative estimate of drug-likeness (QED) is 0.794. The fraction of sp³-hybridized carbons (Fsp3) is 0.571. The number of halogens is 3. The summed E-state index contributed by atoms with van der Waals surface area (Å²) in [6.07, 6.45) is 4.85. The Morgan fingerprint density at radius 3 is 2.61 bits per heavy atom. The summed E-state index contributed by atoms with van der Waals surface area (Å²) in [4.78, 5) is 0. The Labute approximate surface area is 115 Å². The highest BCUT2D eigenvalue weighted by atomic mass is 79.9. The monoisotopic (exact) mass is 317 g/mol. The average molecular weight is 318 g/mol. The van der Waals surface area contributed by atoms with Crippen LogP contribution in [0.15, 0.2) is 16.6 Å². The minimum Gasteiger partial charge on any atom is -0.312 e. The van der Waals surface area contributed by atoms with Crippen LogP contribution in [0.2, 0.25) is 0 Å². The Balaban J connectivity index is 1.96. The number of benzene rings is 1. The minimum absolute atomic E-state index is 0.120. The molecule has 0 radical (unpaired) electrons. The van der Waals surface area contributed by atoms with Gasteiger partial charge in [0.1, 0.15) is 11.6 Å². The SMILES string of the molecule is CCC1(CNCc2c(F)ccc(Br)c2F)CCC1. The summed E-state index contributed by atoms with van der Waals surface area (Å²) in [7, 11) is 0. The second-order valence-corrected chi connectivity index (χ2v) is 5.99. The lowest BCUT2D eigenvalue weighted by Crippen LogP contribution is -2.39. The molecular formula is C14H18BrF2N. The zero-order valence-electron chi connectivity index (χ0n) is 10.5. The number of rotatable bonds is 5.